The van der Waals surface area contributed by atoms with Crippen molar-refractivity contribution >= 4 is 38.3 Å². The molecule has 130 valence electrons. The van der Waals surface area contributed by atoms with E-state index in [9.17, 15) is 13.2 Å². The third-order valence-electron chi connectivity index (χ3n) is 5.36. The highest BCUT2D eigenvalue weighted by atomic mass is 127. The third-order valence-corrected chi connectivity index (χ3v) is 8.53. The fourth-order valence-electron chi connectivity index (χ4n) is 4.15. The van der Waals surface area contributed by atoms with E-state index in [-0.39, 0.29) is 23.3 Å². The van der Waals surface area contributed by atoms with Crippen LogP contribution in [0.5, 0.6) is 0 Å². The van der Waals surface area contributed by atoms with Gasteiger partial charge in [-0.25, -0.2) is 8.42 Å². The van der Waals surface area contributed by atoms with E-state index in [1.54, 1.807) is 24.3 Å². The van der Waals surface area contributed by atoms with Crippen LogP contribution in [-0.4, -0.2) is 20.4 Å². The number of rotatable bonds is 2. The molecular formula is C19H18INO3S. The molecule has 25 heavy (non-hydrogen) atoms. The summed E-state index contributed by atoms with van der Waals surface area (Å²) >= 11 is 2.24. The number of benzene rings is 2. The van der Waals surface area contributed by atoms with Gasteiger partial charge in [0.25, 0.3) is 0 Å². The maximum atomic E-state index is 13.7. The molecule has 1 N–H and O–H groups in total. The highest BCUT2D eigenvalue weighted by molar-refractivity contribution is 14.1. The summed E-state index contributed by atoms with van der Waals surface area (Å²) in [7, 11) is -3.72. The van der Waals surface area contributed by atoms with Gasteiger partial charge in [0, 0.05) is 3.57 Å². The Labute approximate surface area is 161 Å². The van der Waals surface area contributed by atoms with Crippen LogP contribution in [0.1, 0.15) is 29.5 Å². The normalized spacial score (nSPS) is 25.2. The van der Waals surface area contributed by atoms with Gasteiger partial charge in [0.05, 0.1) is 17.4 Å². The molecule has 1 aliphatic heterocycles. The number of halogens is 1. The van der Waals surface area contributed by atoms with E-state index < -0.39 is 14.6 Å². The number of hydrogen-bond donors (Lipinski definition) is 1. The Morgan fingerprint density at radius 2 is 1.88 bits per heavy atom. The topological polar surface area (TPSA) is 63.2 Å². The van der Waals surface area contributed by atoms with Crippen LogP contribution in [0.2, 0.25) is 0 Å². The molecule has 2 aliphatic rings. The average Bonchev–Trinajstić information content (AvgIpc) is 2.93. The molecule has 1 aliphatic carbocycles. The number of sulfone groups is 1. The second kappa shape index (κ2) is 5.81. The lowest BCUT2D eigenvalue weighted by atomic mass is 9.79. The van der Waals surface area contributed by atoms with Crippen LogP contribution in [-0.2, 0) is 25.8 Å². The van der Waals surface area contributed by atoms with Gasteiger partial charge in [-0.3, -0.25) is 4.79 Å². The van der Waals surface area contributed by atoms with Crippen molar-refractivity contribution in [3.63, 3.8) is 0 Å². The molecule has 2 aromatic rings. The van der Waals surface area contributed by atoms with Gasteiger partial charge in [0.2, 0.25) is 5.91 Å². The molecule has 0 aromatic heterocycles. The molecule has 0 bridgehead atoms. The van der Waals surface area contributed by atoms with E-state index in [1.807, 2.05) is 25.1 Å². The van der Waals surface area contributed by atoms with E-state index >= 15 is 0 Å². The Bertz CT molecular complexity index is 969. The lowest BCUT2D eigenvalue weighted by molar-refractivity contribution is -0.119. The number of fused-ring (bicyclic) bond motifs is 3. The van der Waals surface area contributed by atoms with E-state index in [0.717, 1.165) is 26.7 Å². The minimum Gasteiger partial charge on any atom is -0.351 e. The molecule has 6 heteroatoms. The zero-order valence-electron chi connectivity index (χ0n) is 13.8. The predicted molar refractivity (Wildman–Crippen MR) is 104 cm³/mol. The monoisotopic (exact) mass is 467 g/mol. The zero-order chi connectivity index (χ0) is 17.8. The highest BCUT2D eigenvalue weighted by Crippen LogP contribution is 2.50. The van der Waals surface area contributed by atoms with Crippen molar-refractivity contribution in [2.45, 2.75) is 41.9 Å². The SMILES string of the molecule is Cc1ccc(S(=O)(=O)C23CC(=O)NC2CCc2cc(I)ccc23)cc1. The molecule has 1 amide bonds. The molecule has 4 rings (SSSR count). The molecule has 1 saturated heterocycles. The molecule has 4 nitrogen and oxygen atoms in total. The van der Waals surface area contributed by atoms with Gasteiger partial charge in [0.15, 0.2) is 9.84 Å². The predicted octanol–water partition coefficient (Wildman–Crippen LogP) is 3.10. The molecule has 0 spiro atoms. The lowest BCUT2D eigenvalue weighted by Gasteiger charge is -2.39. The first-order valence-corrected chi connectivity index (χ1v) is 10.8. The van der Waals surface area contributed by atoms with Crippen molar-refractivity contribution < 1.29 is 13.2 Å². The second-order valence-corrected chi connectivity index (χ2v) is 10.3. The third kappa shape index (κ3) is 2.44. The largest absolute Gasteiger partial charge is 0.351 e. The molecule has 0 radical (unpaired) electrons. The van der Waals surface area contributed by atoms with Gasteiger partial charge < -0.3 is 5.32 Å². The fraction of sp³-hybridized carbons (Fsp3) is 0.316. The van der Waals surface area contributed by atoms with Gasteiger partial charge in [-0.15, -0.1) is 0 Å². The lowest BCUT2D eigenvalue weighted by Crippen LogP contribution is -2.49. The Morgan fingerprint density at radius 3 is 2.60 bits per heavy atom. The quantitative estimate of drug-likeness (QED) is 0.691. The van der Waals surface area contributed by atoms with Gasteiger partial charge in [-0.1, -0.05) is 23.8 Å². The summed E-state index contributed by atoms with van der Waals surface area (Å²) in [5, 5.41) is 2.92. The number of aryl methyl sites for hydroxylation is 2. The van der Waals surface area contributed by atoms with Crippen molar-refractivity contribution in [3.8, 4) is 0 Å². The van der Waals surface area contributed by atoms with E-state index in [1.165, 1.54) is 0 Å². The van der Waals surface area contributed by atoms with Crippen molar-refractivity contribution in [2.75, 3.05) is 0 Å². The number of carbonyl (C=O) groups excluding carboxylic acids is 1. The van der Waals surface area contributed by atoms with Crippen LogP contribution in [0.4, 0.5) is 0 Å². The molecule has 1 fully saturated rings. The number of nitrogens with one attached hydrogen (secondary N) is 1. The first-order valence-electron chi connectivity index (χ1n) is 8.24. The van der Waals surface area contributed by atoms with Crippen LogP contribution in [0, 0.1) is 10.5 Å². The van der Waals surface area contributed by atoms with Crippen molar-refractivity contribution in [1.29, 1.82) is 0 Å². The smallest absolute Gasteiger partial charge is 0.222 e. The van der Waals surface area contributed by atoms with Gasteiger partial charge in [-0.2, -0.15) is 0 Å². The van der Waals surface area contributed by atoms with Gasteiger partial charge >= 0.3 is 0 Å². The first-order chi connectivity index (χ1) is 11.8. The van der Waals surface area contributed by atoms with Crippen molar-refractivity contribution in [3.05, 3.63) is 62.7 Å². The summed E-state index contributed by atoms with van der Waals surface area (Å²) in [5.41, 5.74) is 2.82. The van der Waals surface area contributed by atoms with E-state index in [2.05, 4.69) is 27.9 Å². The summed E-state index contributed by atoms with van der Waals surface area (Å²) in [6.45, 7) is 1.93. The molecule has 2 atom stereocenters. The average molecular weight is 467 g/mol. The molecular weight excluding hydrogens is 449 g/mol. The molecule has 2 aromatic carbocycles. The minimum absolute atomic E-state index is 0.0124. The summed E-state index contributed by atoms with van der Waals surface area (Å²) < 4.78 is 27.3. The summed E-state index contributed by atoms with van der Waals surface area (Å²) in [5.74, 6) is -0.188. The maximum Gasteiger partial charge on any atom is 0.222 e. The van der Waals surface area contributed by atoms with E-state index in [4.69, 9.17) is 0 Å². The standard InChI is InChI=1S/C19H18INO3S/c1-12-2-6-15(7-3-12)25(23,24)19-11-18(22)21-17(19)9-4-13-10-14(20)5-8-16(13)19/h2-3,5-8,10,17H,4,9,11H2,1H3,(H,21,22). The van der Waals surface area contributed by atoms with Crippen molar-refractivity contribution in [2.24, 2.45) is 0 Å². The van der Waals surface area contributed by atoms with Crippen LogP contribution < -0.4 is 5.32 Å². The van der Waals surface area contributed by atoms with E-state index in [0.29, 0.717) is 6.42 Å². The van der Waals surface area contributed by atoms with Crippen LogP contribution in [0.15, 0.2) is 47.4 Å². The van der Waals surface area contributed by atoms with Gasteiger partial charge in [-0.05, 0) is 77.7 Å². The Hall–Kier alpha value is -1.41. The van der Waals surface area contributed by atoms with Crippen LogP contribution in [0.25, 0.3) is 0 Å². The fourth-order valence-corrected chi connectivity index (χ4v) is 6.98. The molecule has 2 unspecified atom stereocenters. The number of amides is 1. The summed E-state index contributed by atoms with van der Waals surface area (Å²) in [6, 6.07) is 12.4. The highest BCUT2D eigenvalue weighted by Gasteiger charge is 2.59. The molecule has 0 saturated carbocycles. The Balaban J connectivity index is 1.98. The van der Waals surface area contributed by atoms with Gasteiger partial charge in [0.1, 0.15) is 4.75 Å². The number of carbonyl (C=O) groups is 1. The van der Waals surface area contributed by atoms with Crippen molar-refractivity contribution in [1.82, 2.24) is 5.32 Å². The molecule has 1 heterocycles. The summed E-state index contributed by atoms with van der Waals surface area (Å²) in [6.07, 6.45) is 1.41. The van der Waals surface area contributed by atoms with Crippen LogP contribution >= 0.6 is 22.6 Å². The van der Waals surface area contributed by atoms with Crippen LogP contribution in [0.3, 0.4) is 0 Å². The Morgan fingerprint density at radius 1 is 1.16 bits per heavy atom. The maximum absolute atomic E-state index is 13.7. The minimum atomic E-state index is -3.72. The first kappa shape index (κ1) is 17.0. The zero-order valence-corrected chi connectivity index (χ0v) is 16.7. The Kier molecular flexibility index (Phi) is 3.95. The summed E-state index contributed by atoms with van der Waals surface area (Å²) in [4.78, 5) is 12.5. The second-order valence-electron chi connectivity index (χ2n) is 6.84. The number of hydrogen-bond acceptors (Lipinski definition) is 3.